The summed E-state index contributed by atoms with van der Waals surface area (Å²) in [5.41, 5.74) is -0.610. The molecule has 0 aliphatic heterocycles. The average molecular weight is 318 g/mol. The first-order valence-corrected chi connectivity index (χ1v) is 6.62. The Bertz CT molecular complexity index is 542. The second kappa shape index (κ2) is 6.76. The molecule has 7 heteroatoms. The van der Waals surface area contributed by atoms with E-state index in [1.807, 2.05) is 0 Å². The Labute approximate surface area is 127 Å². The molecule has 1 aromatic rings. The zero-order valence-corrected chi connectivity index (χ0v) is 12.7. The van der Waals surface area contributed by atoms with E-state index in [-0.39, 0.29) is 17.0 Å². The zero-order chi connectivity index (χ0) is 16.2. The predicted molar refractivity (Wildman–Crippen MR) is 75.9 cm³/mol. The van der Waals surface area contributed by atoms with Gasteiger partial charge < -0.3 is 15.2 Å². The van der Waals surface area contributed by atoms with Crippen molar-refractivity contribution >= 4 is 23.7 Å². The molecule has 0 aliphatic rings. The Hall–Kier alpha value is -1.82. The van der Waals surface area contributed by atoms with Crippen molar-refractivity contribution in [3.63, 3.8) is 0 Å². The van der Waals surface area contributed by atoms with Gasteiger partial charge in [0.05, 0.1) is 0 Å². The van der Waals surface area contributed by atoms with E-state index >= 15 is 0 Å². The maximum atomic E-state index is 13.7. The number of aliphatic carboxylic acids is 1. The molecule has 116 valence electrons. The number of halogens is 2. The van der Waals surface area contributed by atoms with Gasteiger partial charge in [-0.15, -0.1) is 0 Å². The SMILES string of the molecule is CC(C)(C)OC(=O)NC(Cc1ccc(Cl)cc1F)C(=O)O. The highest BCUT2D eigenvalue weighted by Crippen LogP contribution is 2.16. The molecule has 1 unspecified atom stereocenters. The van der Waals surface area contributed by atoms with Crippen molar-refractivity contribution in [1.29, 1.82) is 0 Å². The van der Waals surface area contributed by atoms with Gasteiger partial charge in [0.2, 0.25) is 0 Å². The summed E-state index contributed by atoms with van der Waals surface area (Å²) < 4.78 is 18.6. The summed E-state index contributed by atoms with van der Waals surface area (Å²) in [6.07, 6.45) is -1.08. The fourth-order valence-corrected chi connectivity index (χ4v) is 1.72. The van der Waals surface area contributed by atoms with Crippen LogP contribution in [0.25, 0.3) is 0 Å². The summed E-state index contributed by atoms with van der Waals surface area (Å²) in [6.45, 7) is 4.96. The number of amides is 1. The maximum Gasteiger partial charge on any atom is 0.408 e. The van der Waals surface area contributed by atoms with Gasteiger partial charge in [0.1, 0.15) is 17.5 Å². The topological polar surface area (TPSA) is 75.6 Å². The van der Waals surface area contributed by atoms with E-state index in [4.69, 9.17) is 21.4 Å². The first-order valence-electron chi connectivity index (χ1n) is 6.25. The summed E-state index contributed by atoms with van der Waals surface area (Å²) in [6, 6.07) is 2.62. The van der Waals surface area contributed by atoms with Crippen LogP contribution in [0, 0.1) is 5.82 Å². The normalized spacial score (nSPS) is 12.6. The number of ether oxygens (including phenoxy) is 1. The Kier molecular flexibility index (Phi) is 5.54. The van der Waals surface area contributed by atoms with Crippen molar-refractivity contribution in [1.82, 2.24) is 5.32 Å². The quantitative estimate of drug-likeness (QED) is 0.895. The second-order valence-corrected chi connectivity index (χ2v) is 5.91. The van der Waals surface area contributed by atoms with Crippen LogP contribution in [0.4, 0.5) is 9.18 Å². The van der Waals surface area contributed by atoms with Crippen molar-refractivity contribution in [3.05, 3.63) is 34.6 Å². The van der Waals surface area contributed by atoms with Crippen LogP contribution >= 0.6 is 11.6 Å². The lowest BCUT2D eigenvalue weighted by atomic mass is 10.1. The van der Waals surface area contributed by atoms with E-state index in [9.17, 15) is 14.0 Å². The van der Waals surface area contributed by atoms with Gasteiger partial charge in [0, 0.05) is 11.4 Å². The van der Waals surface area contributed by atoms with Gasteiger partial charge in [0.15, 0.2) is 0 Å². The van der Waals surface area contributed by atoms with Crippen LogP contribution in [0.2, 0.25) is 5.02 Å². The molecular formula is C14H17ClFNO4. The highest BCUT2D eigenvalue weighted by atomic mass is 35.5. The Morgan fingerprint density at radius 2 is 2.05 bits per heavy atom. The van der Waals surface area contributed by atoms with Gasteiger partial charge >= 0.3 is 12.1 Å². The van der Waals surface area contributed by atoms with Crippen LogP contribution in [-0.4, -0.2) is 28.8 Å². The smallest absolute Gasteiger partial charge is 0.408 e. The number of rotatable bonds is 4. The highest BCUT2D eigenvalue weighted by molar-refractivity contribution is 6.30. The first kappa shape index (κ1) is 17.2. The largest absolute Gasteiger partial charge is 0.480 e. The minimum absolute atomic E-state index is 0.142. The van der Waals surface area contributed by atoms with E-state index in [0.717, 1.165) is 6.07 Å². The van der Waals surface area contributed by atoms with Gasteiger partial charge in [-0.2, -0.15) is 0 Å². The van der Waals surface area contributed by atoms with Crippen LogP contribution < -0.4 is 5.32 Å². The molecule has 5 nitrogen and oxygen atoms in total. The Morgan fingerprint density at radius 3 is 2.52 bits per heavy atom. The number of nitrogens with one attached hydrogen (secondary N) is 1. The number of hydrogen-bond donors (Lipinski definition) is 2. The lowest BCUT2D eigenvalue weighted by Crippen LogP contribution is -2.44. The Morgan fingerprint density at radius 1 is 1.43 bits per heavy atom. The third-order valence-corrected chi connectivity index (χ3v) is 2.66. The first-order chi connectivity index (χ1) is 9.58. The molecule has 0 spiro atoms. The molecule has 1 atom stereocenters. The summed E-state index contributed by atoms with van der Waals surface area (Å²) in [7, 11) is 0. The molecule has 0 heterocycles. The number of carbonyl (C=O) groups excluding carboxylic acids is 1. The van der Waals surface area contributed by atoms with Crippen molar-refractivity contribution in [2.24, 2.45) is 0 Å². The summed E-state index contributed by atoms with van der Waals surface area (Å²) in [5.74, 6) is -1.91. The monoisotopic (exact) mass is 317 g/mol. The zero-order valence-electron chi connectivity index (χ0n) is 11.9. The molecule has 0 saturated heterocycles. The van der Waals surface area contributed by atoms with Gasteiger partial charge in [-0.25, -0.2) is 14.0 Å². The molecule has 21 heavy (non-hydrogen) atoms. The van der Waals surface area contributed by atoms with Gasteiger partial charge in [-0.3, -0.25) is 0 Å². The number of alkyl carbamates (subject to hydrolysis) is 1. The van der Waals surface area contributed by atoms with E-state index in [1.54, 1.807) is 20.8 Å². The van der Waals surface area contributed by atoms with Crippen LogP contribution in [0.15, 0.2) is 18.2 Å². The molecule has 0 fully saturated rings. The van der Waals surface area contributed by atoms with Crippen molar-refractivity contribution < 1.29 is 23.8 Å². The van der Waals surface area contributed by atoms with Crippen molar-refractivity contribution in [2.45, 2.75) is 38.8 Å². The fourth-order valence-electron chi connectivity index (χ4n) is 1.56. The number of carboxylic acid groups (broad SMARTS) is 1. The molecule has 1 amide bonds. The molecule has 1 aromatic carbocycles. The van der Waals surface area contributed by atoms with Crippen LogP contribution in [-0.2, 0) is 16.0 Å². The standard InChI is InChI=1S/C14H17ClFNO4/c1-14(2,3)21-13(20)17-11(12(18)19)6-8-4-5-9(15)7-10(8)16/h4-5,7,11H,6H2,1-3H3,(H,17,20)(H,18,19). The fraction of sp³-hybridized carbons (Fsp3) is 0.429. The molecule has 0 bridgehead atoms. The molecule has 1 rings (SSSR count). The van der Waals surface area contributed by atoms with E-state index in [0.29, 0.717) is 0 Å². The lowest BCUT2D eigenvalue weighted by molar-refractivity contribution is -0.139. The van der Waals surface area contributed by atoms with Crippen molar-refractivity contribution in [3.8, 4) is 0 Å². The Balaban J connectivity index is 2.79. The van der Waals surface area contributed by atoms with E-state index in [1.165, 1.54) is 12.1 Å². The average Bonchev–Trinajstić information content (AvgIpc) is 2.28. The summed E-state index contributed by atoms with van der Waals surface area (Å²) >= 11 is 5.63. The summed E-state index contributed by atoms with van der Waals surface area (Å²) in [5, 5.41) is 11.5. The van der Waals surface area contributed by atoms with Gasteiger partial charge in [0.25, 0.3) is 0 Å². The number of hydrogen-bond acceptors (Lipinski definition) is 3. The molecular weight excluding hydrogens is 301 g/mol. The number of carboxylic acids is 1. The molecule has 0 radical (unpaired) electrons. The molecule has 2 N–H and O–H groups in total. The van der Waals surface area contributed by atoms with Crippen molar-refractivity contribution in [2.75, 3.05) is 0 Å². The highest BCUT2D eigenvalue weighted by Gasteiger charge is 2.25. The minimum atomic E-state index is -1.30. The summed E-state index contributed by atoms with van der Waals surface area (Å²) in [4.78, 5) is 22.8. The van der Waals surface area contributed by atoms with Crippen LogP contribution in [0.5, 0.6) is 0 Å². The number of benzene rings is 1. The number of carbonyl (C=O) groups is 2. The molecule has 0 saturated carbocycles. The second-order valence-electron chi connectivity index (χ2n) is 5.48. The van der Waals surface area contributed by atoms with E-state index in [2.05, 4.69) is 5.32 Å². The predicted octanol–water partition coefficient (Wildman–Crippen LogP) is 3.00. The maximum absolute atomic E-state index is 13.7. The van der Waals surface area contributed by atoms with E-state index < -0.39 is 29.5 Å². The third-order valence-electron chi connectivity index (χ3n) is 2.43. The van der Waals surface area contributed by atoms with Gasteiger partial charge in [-0.1, -0.05) is 17.7 Å². The molecule has 0 aliphatic carbocycles. The lowest BCUT2D eigenvalue weighted by Gasteiger charge is -2.22. The van der Waals surface area contributed by atoms with Crippen LogP contribution in [0.1, 0.15) is 26.3 Å². The van der Waals surface area contributed by atoms with Crippen LogP contribution in [0.3, 0.4) is 0 Å². The molecule has 0 aromatic heterocycles. The minimum Gasteiger partial charge on any atom is -0.480 e. The third kappa shape index (κ3) is 5.99. The van der Waals surface area contributed by atoms with Gasteiger partial charge in [-0.05, 0) is 38.5 Å².